The Kier molecular flexibility index (Phi) is 3.40. The second-order valence-electron chi connectivity index (χ2n) is 6.04. The molecule has 1 aromatic rings. The molecule has 0 aromatic carbocycles. The molecule has 6 nitrogen and oxygen atoms in total. The minimum Gasteiger partial charge on any atom is -0.383 e. The van der Waals surface area contributed by atoms with Gasteiger partial charge in [-0.1, -0.05) is 12.8 Å². The minimum absolute atomic E-state index is 0.171. The van der Waals surface area contributed by atoms with E-state index in [1.807, 2.05) is 0 Å². The van der Waals surface area contributed by atoms with Crippen molar-refractivity contribution in [1.29, 1.82) is 0 Å². The van der Waals surface area contributed by atoms with Crippen LogP contribution < -0.4 is 11.1 Å². The van der Waals surface area contributed by atoms with Crippen LogP contribution in [0.5, 0.6) is 0 Å². The van der Waals surface area contributed by atoms with E-state index in [1.165, 1.54) is 19.1 Å². The summed E-state index contributed by atoms with van der Waals surface area (Å²) in [6.45, 7) is 0.781. The van der Waals surface area contributed by atoms with Gasteiger partial charge in [0.1, 0.15) is 5.82 Å². The summed E-state index contributed by atoms with van der Waals surface area (Å²) >= 11 is 0. The number of nitrogens with two attached hydrogens (primary N) is 1. The topological polar surface area (TPSA) is 90.0 Å². The van der Waals surface area contributed by atoms with E-state index in [-0.39, 0.29) is 16.8 Å². The molecule has 0 amide bonds. The number of nitrogens with zero attached hydrogens (tertiary/aromatic N) is 2. The third-order valence-corrected chi connectivity index (χ3v) is 5.34. The van der Waals surface area contributed by atoms with Gasteiger partial charge in [-0.05, 0) is 31.6 Å². The number of hydrogen-bond acceptors (Lipinski definition) is 5. The fraction of sp³-hybridized carbons (Fsp3) is 0.769. The largest absolute Gasteiger partial charge is 0.383 e. The highest BCUT2D eigenvalue weighted by Crippen LogP contribution is 2.37. The van der Waals surface area contributed by atoms with Crippen molar-refractivity contribution in [3.05, 3.63) is 0 Å². The van der Waals surface area contributed by atoms with Crippen molar-refractivity contribution in [3.63, 3.8) is 0 Å². The van der Waals surface area contributed by atoms with Crippen LogP contribution in [-0.4, -0.2) is 31.0 Å². The lowest BCUT2D eigenvalue weighted by Crippen LogP contribution is -2.11. The molecular formula is C13H22N4O2S. The van der Waals surface area contributed by atoms with Crippen LogP contribution >= 0.6 is 0 Å². The van der Waals surface area contributed by atoms with Crippen molar-refractivity contribution in [2.24, 2.45) is 5.92 Å². The van der Waals surface area contributed by atoms with Crippen molar-refractivity contribution in [3.8, 4) is 0 Å². The summed E-state index contributed by atoms with van der Waals surface area (Å²) in [5.41, 5.74) is 6.07. The first kappa shape index (κ1) is 13.7. The summed E-state index contributed by atoms with van der Waals surface area (Å²) in [6, 6.07) is 0.243. The molecular weight excluding hydrogens is 276 g/mol. The van der Waals surface area contributed by atoms with Crippen LogP contribution in [0.3, 0.4) is 0 Å². The number of hydrogen-bond donors (Lipinski definition) is 2. The molecule has 0 bridgehead atoms. The van der Waals surface area contributed by atoms with Gasteiger partial charge in [-0.2, -0.15) is 5.10 Å². The second kappa shape index (κ2) is 4.95. The molecule has 0 spiro atoms. The minimum atomic E-state index is -3.37. The summed E-state index contributed by atoms with van der Waals surface area (Å²) in [7, 11) is -3.37. The number of sulfone groups is 1. The molecule has 0 saturated heterocycles. The van der Waals surface area contributed by atoms with E-state index < -0.39 is 9.84 Å². The van der Waals surface area contributed by atoms with Crippen LogP contribution in [0.4, 0.5) is 11.6 Å². The van der Waals surface area contributed by atoms with Gasteiger partial charge in [0.25, 0.3) is 0 Å². The number of nitrogen functional groups attached to an aromatic ring is 1. The zero-order valence-corrected chi connectivity index (χ0v) is 12.6. The Bertz CT molecular complexity index is 598. The molecule has 1 aromatic heterocycles. The van der Waals surface area contributed by atoms with Crippen LogP contribution in [0.25, 0.3) is 0 Å². The highest BCUT2D eigenvalue weighted by atomic mass is 32.2. The maximum atomic E-state index is 12.0. The van der Waals surface area contributed by atoms with Gasteiger partial charge in [0, 0.05) is 12.8 Å². The normalized spacial score (nSPS) is 20.4. The average molecular weight is 298 g/mol. The first-order chi connectivity index (χ1) is 9.47. The number of nitrogens with one attached hydrogen (secondary N) is 1. The lowest BCUT2D eigenvalue weighted by molar-refractivity contribution is 0.474. The van der Waals surface area contributed by atoms with Gasteiger partial charge in [0.2, 0.25) is 0 Å². The summed E-state index contributed by atoms with van der Waals surface area (Å²) < 4.78 is 25.7. The highest BCUT2D eigenvalue weighted by molar-refractivity contribution is 7.91. The van der Waals surface area contributed by atoms with Gasteiger partial charge < -0.3 is 11.1 Å². The molecule has 0 aliphatic heterocycles. The maximum Gasteiger partial charge on any atom is 0.182 e. The molecule has 2 aliphatic carbocycles. The molecule has 2 fully saturated rings. The standard InChI is InChI=1S/C13H22N4O2S/c1-20(18,19)11-12(14)17(10-4-2-3-5-10)16-13(11)15-8-9-6-7-9/h9-10H,2-8,14H2,1H3,(H,15,16). The SMILES string of the molecule is CS(=O)(=O)c1c(NCC2CC2)nn(C2CCCC2)c1N. The van der Waals surface area contributed by atoms with Crippen LogP contribution in [0.1, 0.15) is 44.6 Å². The molecule has 0 atom stereocenters. The Morgan fingerprint density at radius 1 is 1.30 bits per heavy atom. The molecule has 0 radical (unpaired) electrons. The van der Waals surface area contributed by atoms with Crippen molar-refractivity contribution in [2.75, 3.05) is 23.9 Å². The molecule has 20 heavy (non-hydrogen) atoms. The Morgan fingerprint density at radius 2 is 1.95 bits per heavy atom. The van der Waals surface area contributed by atoms with Gasteiger partial charge in [-0.25, -0.2) is 13.1 Å². The van der Waals surface area contributed by atoms with Crippen molar-refractivity contribution >= 4 is 21.5 Å². The van der Waals surface area contributed by atoms with Gasteiger partial charge in [0.15, 0.2) is 20.6 Å². The summed E-state index contributed by atoms with van der Waals surface area (Å²) in [4.78, 5) is 0.171. The van der Waals surface area contributed by atoms with E-state index in [2.05, 4.69) is 10.4 Å². The van der Waals surface area contributed by atoms with Gasteiger partial charge in [0.05, 0.1) is 6.04 Å². The van der Waals surface area contributed by atoms with Crippen molar-refractivity contribution in [2.45, 2.75) is 49.5 Å². The summed E-state index contributed by atoms with van der Waals surface area (Å²) in [6.07, 6.45) is 7.97. The fourth-order valence-electron chi connectivity index (χ4n) is 2.90. The third-order valence-electron chi connectivity index (χ3n) is 4.20. The quantitative estimate of drug-likeness (QED) is 0.865. The van der Waals surface area contributed by atoms with Crippen LogP contribution in [0, 0.1) is 5.92 Å². The van der Waals surface area contributed by atoms with Crippen molar-refractivity contribution in [1.82, 2.24) is 9.78 Å². The van der Waals surface area contributed by atoms with Crippen molar-refractivity contribution < 1.29 is 8.42 Å². The number of aromatic nitrogens is 2. The lowest BCUT2D eigenvalue weighted by atomic mass is 10.2. The molecule has 3 rings (SSSR count). The molecule has 0 unspecified atom stereocenters. The monoisotopic (exact) mass is 298 g/mol. The van der Waals surface area contributed by atoms with Gasteiger partial charge in [-0.15, -0.1) is 0 Å². The smallest absolute Gasteiger partial charge is 0.182 e. The third kappa shape index (κ3) is 2.63. The van der Waals surface area contributed by atoms with Crippen LogP contribution in [-0.2, 0) is 9.84 Å². The van der Waals surface area contributed by atoms with Crippen LogP contribution in [0.15, 0.2) is 4.90 Å². The van der Waals surface area contributed by atoms with Gasteiger partial charge >= 0.3 is 0 Å². The molecule has 7 heteroatoms. The van der Waals surface area contributed by atoms with E-state index in [4.69, 9.17) is 5.73 Å². The fourth-order valence-corrected chi connectivity index (χ4v) is 3.84. The molecule has 2 saturated carbocycles. The van der Waals surface area contributed by atoms with E-state index in [0.717, 1.165) is 32.2 Å². The number of anilines is 2. The zero-order chi connectivity index (χ0) is 14.3. The zero-order valence-electron chi connectivity index (χ0n) is 11.8. The Balaban J connectivity index is 1.94. The Labute approximate surface area is 119 Å². The highest BCUT2D eigenvalue weighted by Gasteiger charge is 2.30. The Morgan fingerprint density at radius 3 is 2.50 bits per heavy atom. The first-order valence-corrected chi connectivity index (χ1v) is 9.18. The predicted molar refractivity (Wildman–Crippen MR) is 78.5 cm³/mol. The predicted octanol–water partition coefficient (Wildman–Crippen LogP) is 1.81. The molecule has 1 heterocycles. The van der Waals surface area contributed by atoms with Crippen LogP contribution in [0.2, 0.25) is 0 Å². The second-order valence-corrected chi connectivity index (χ2v) is 7.99. The lowest BCUT2D eigenvalue weighted by Gasteiger charge is -2.11. The average Bonchev–Trinajstić information content (AvgIpc) is 2.90. The molecule has 112 valence electrons. The van der Waals surface area contributed by atoms with E-state index >= 15 is 0 Å². The van der Waals surface area contributed by atoms with E-state index in [0.29, 0.717) is 11.7 Å². The van der Waals surface area contributed by atoms with E-state index in [1.54, 1.807) is 4.68 Å². The molecule has 2 aliphatic rings. The van der Waals surface area contributed by atoms with E-state index in [9.17, 15) is 8.42 Å². The maximum absolute atomic E-state index is 12.0. The summed E-state index contributed by atoms with van der Waals surface area (Å²) in [5.74, 6) is 1.38. The Hall–Kier alpha value is -1.24. The summed E-state index contributed by atoms with van der Waals surface area (Å²) in [5, 5.41) is 7.63. The van der Waals surface area contributed by atoms with Gasteiger partial charge in [-0.3, -0.25) is 0 Å². The first-order valence-electron chi connectivity index (χ1n) is 7.28. The molecule has 3 N–H and O–H groups in total. The number of rotatable bonds is 5.